The fraction of sp³-hybridized carbons (Fsp3) is 0.125. The Bertz CT molecular complexity index is 550. The minimum atomic E-state index is 0. The summed E-state index contributed by atoms with van der Waals surface area (Å²) < 4.78 is 1.08. The average Bonchev–Trinajstić information content (AvgIpc) is 2.37. The van der Waals surface area contributed by atoms with Gasteiger partial charge in [-0.05, 0) is 35.8 Å². The maximum atomic E-state index is 5.92. The van der Waals surface area contributed by atoms with Gasteiger partial charge in [-0.15, -0.1) is 12.4 Å². The van der Waals surface area contributed by atoms with E-state index in [0.29, 0.717) is 0 Å². The molecule has 0 amide bonds. The molecule has 1 atom stereocenters. The average molecular weight is 339 g/mol. The Balaban J connectivity index is 0.00000180. The van der Waals surface area contributed by atoms with Crippen molar-refractivity contribution in [2.24, 2.45) is 5.73 Å². The van der Waals surface area contributed by atoms with Crippen LogP contribution in [0.4, 0.5) is 0 Å². The maximum Gasteiger partial charge on any atom is 0.0204 e. The molecule has 0 aliphatic carbocycles. The van der Waals surface area contributed by atoms with Crippen LogP contribution in [0.15, 0.2) is 65.1 Å². The Morgan fingerprint density at radius 1 is 1.05 bits per heavy atom. The Labute approximate surface area is 129 Å². The van der Waals surface area contributed by atoms with E-state index < -0.39 is 0 Å². The van der Waals surface area contributed by atoms with Gasteiger partial charge < -0.3 is 5.73 Å². The molecule has 0 spiro atoms. The van der Waals surface area contributed by atoms with Crippen LogP contribution in [0.1, 0.15) is 18.1 Å². The molecule has 0 aliphatic heterocycles. The zero-order valence-corrected chi connectivity index (χ0v) is 13.1. The molecule has 3 heteroatoms. The highest BCUT2D eigenvalue weighted by atomic mass is 79.9. The SMILES string of the molecule is CC(N)/C=C(\c1ccccc1)c1cccc(Br)c1.Cl. The van der Waals surface area contributed by atoms with Gasteiger partial charge in [0.15, 0.2) is 0 Å². The number of benzene rings is 2. The summed E-state index contributed by atoms with van der Waals surface area (Å²) in [4.78, 5) is 0. The number of halogens is 2. The summed E-state index contributed by atoms with van der Waals surface area (Å²) in [6.45, 7) is 1.99. The highest BCUT2D eigenvalue weighted by Crippen LogP contribution is 2.25. The van der Waals surface area contributed by atoms with Crippen molar-refractivity contribution in [3.63, 3.8) is 0 Å². The predicted molar refractivity (Wildman–Crippen MR) is 88.6 cm³/mol. The summed E-state index contributed by atoms with van der Waals surface area (Å²) in [5.74, 6) is 0. The molecule has 0 radical (unpaired) electrons. The van der Waals surface area contributed by atoms with Crippen molar-refractivity contribution < 1.29 is 0 Å². The Morgan fingerprint density at radius 2 is 1.68 bits per heavy atom. The van der Waals surface area contributed by atoms with E-state index in [2.05, 4.69) is 46.3 Å². The summed E-state index contributed by atoms with van der Waals surface area (Å²) >= 11 is 3.51. The standard InChI is InChI=1S/C16H16BrN.ClH/c1-12(18)10-16(13-6-3-2-4-7-13)14-8-5-9-15(17)11-14;/h2-12H,18H2,1H3;1H/b16-10+;. The fourth-order valence-corrected chi connectivity index (χ4v) is 2.29. The smallest absolute Gasteiger partial charge is 0.0204 e. The molecule has 0 saturated carbocycles. The molecule has 0 aliphatic rings. The van der Waals surface area contributed by atoms with Crippen LogP contribution in [-0.2, 0) is 0 Å². The van der Waals surface area contributed by atoms with E-state index in [-0.39, 0.29) is 18.4 Å². The van der Waals surface area contributed by atoms with Crippen molar-refractivity contribution >= 4 is 33.9 Å². The van der Waals surface area contributed by atoms with Crippen molar-refractivity contribution in [1.29, 1.82) is 0 Å². The third-order valence-electron chi connectivity index (χ3n) is 2.65. The van der Waals surface area contributed by atoms with E-state index >= 15 is 0 Å². The first-order valence-electron chi connectivity index (χ1n) is 5.95. The summed E-state index contributed by atoms with van der Waals surface area (Å²) in [5, 5.41) is 0. The van der Waals surface area contributed by atoms with E-state index in [0.717, 1.165) is 4.47 Å². The van der Waals surface area contributed by atoms with Crippen LogP contribution in [0.5, 0.6) is 0 Å². The second kappa shape index (κ2) is 7.49. The normalized spacial score (nSPS) is 12.7. The molecule has 2 aromatic carbocycles. The Kier molecular flexibility index (Phi) is 6.29. The van der Waals surface area contributed by atoms with Crippen molar-refractivity contribution in [3.8, 4) is 0 Å². The molecule has 100 valence electrons. The molecule has 0 heterocycles. The van der Waals surface area contributed by atoms with Crippen molar-refractivity contribution in [1.82, 2.24) is 0 Å². The van der Waals surface area contributed by atoms with Gasteiger partial charge in [0.05, 0.1) is 0 Å². The van der Waals surface area contributed by atoms with Crippen molar-refractivity contribution in [2.45, 2.75) is 13.0 Å². The second-order valence-electron chi connectivity index (χ2n) is 4.32. The monoisotopic (exact) mass is 337 g/mol. The molecular weight excluding hydrogens is 322 g/mol. The van der Waals surface area contributed by atoms with Gasteiger partial charge in [-0.1, -0.05) is 64.5 Å². The summed E-state index contributed by atoms with van der Waals surface area (Å²) in [5.41, 5.74) is 9.45. The molecule has 1 nitrogen and oxygen atoms in total. The van der Waals surface area contributed by atoms with Crippen LogP contribution in [-0.4, -0.2) is 6.04 Å². The lowest BCUT2D eigenvalue weighted by Crippen LogP contribution is -2.11. The van der Waals surface area contributed by atoms with E-state index in [9.17, 15) is 0 Å². The number of nitrogens with two attached hydrogens (primary N) is 1. The largest absolute Gasteiger partial charge is 0.325 e. The van der Waals surface area contributed by atoms with Gasteiger partial charge in [-0.2, -0.15) is 0 Å². The summed E-state index contributed by atoms with van der Waals surface area (Å²) in [6, 6.07) is 18.6. The lowest BCUT2D eigenvalue weighted by atomic mass is 9.96. The van der Waals surface area contributed by atoms with Crippen molar-refractivity contribution in [3.05, 3.63) is 76.3 Å². The Hall–Kier alpha value is -1.09. The molecule has 2 N–H and O–H groups in total. The fourth-order valence-electron chi connectivity index (χ4n) is 1.90. The lowest BCUT2D eigenvalue weighted by Gasteiger charge is -2.10. The molecule has 2 rings (SSSR count). The minimum Gasteiger partial charge on any atom is -0.325 e. The van der Waals surface area contributed by atoms with Crippen molar-refractivity contribution in [2.75, 3.05) is 0 Å². The molecule has 19 heavy (non-hydrogen) atoms. The zero-order valence-electron chi connectivity index (χ0n) is 10.7. The van der Waals surface area contributed by atoms with Crippen LogP contribution >= 0.6 is 28.3 Å². The second-order valence-corrected chi connectivity index (χ2v) is 5.23. The van der Waals surface area contributed by atoms with Gasteiger partial charge in [0.2, 0.25) is 0 Å². The lowest BCUT2D eigenvalue weighted by molar-refractivity contribution is 0.927. The van der Waals surface area contributed by atoms with Crippen LogP contribution < -0.4 is 5.73 Å². The zero-order chi connectivity index (χ0) is 13.0. The topological polar surface area (TPSA) is 26.0 Å². The quantitative estimate of drug-likeness (QED) is 0.866. The first-order valence-corrected chi connectivity index (χ1v) is 6.75. The first-order chi connectivity index (χ1) is 8.66. The minimum absolute atomic E-state index is 0. The molecule has 0 saturated heterocycles. The van der Waals surface area contributed by atoms with Gasteiger partial charge in [0.1, 0.15) is 0 Å². The highest BCUT2D eigenvalue weighted by Gasteiger charge is 2.06. The van der Waals surface area contributed by atoms with E-state index in [1.165, 1.54) is 16.7 Å². The van der Waals surface area contributed by atoms with Crippen LogP contribution in [0.2, 0.25) is 0 Å². The van der Waals surface area contributed by atoms with Gasteiger partial charge >= 0.3 is 0 Å². The summed E-state index contributed by atoms with van der Waals surface area (Å²) in [6.07, 6.45) is 2.09. The molecule has 0 aromatic heterocycles. The maximum absolute atomic E-state index is 5.92. The third kappa shape index (κ3) is 4.50. The van der Waals surface area contributed by atoms with E-state index in [4.69, 9.17) is 5.73 Å². The van der Waals surface area contributed by atoms with E-state index in [1.807, 2.05) is 37.3 Å². The number of rotatable bonds is 3. The van der Waals surface area contributed by atoms with Gasteiger partial charge in [0.25, 0.3) is 0 Å². The van der Waals surface area contributed by atoms with Gasteiger partial charge in [-0.25, -0.2) is 0 Å². The first kappa shape index (κ1) is 16.0. The molecule has 0 fully saturated rings. The molecular formula is C16H17BrClN. The van der Waals surface area contributed by atoms with Crippen LogP contribution in [0.3, 0.4) is 0 Å². The number of hydrogen-bond donors (Lipinski definition) is 1. The Morgan fingerprint density at radius 3 is 2.26 bits per heavy atom. The predicted octanol–water partition coefficient (Wildman–Crippen LogP) is 4.65. The summed E-state index contributed by atoms with van der Waals surface area (Å²) in [7, 11) is 0. The van der Waals surface area contributed by atoms with Gasteiger partial charge in [-0.3, -0.25) is 0 Å². The third-order valence-corrected chi connectivity index (χ3v) is 3.14. The van der Waals surface area contributed by atoms with Gasteiger partial charge in [0, 0.05) is 10.5 Å². The molecule has 0 bridgehead atoms. The van der Waals surface area contributed by atoms with E-state index in [1.54, 1.807) is 0 Å². The van der Waals surface area contributed by atoms with Crippen LogP contribution in [0, 0.1) is 0 Å². The molecule has 1 unspecified atom stereocenters. The number of hydrogen-bond acceptors (Lipinski definition) is 1. The van der Waals surface area contributed by atoms with Crippen LogP contribution in [0.25, 0.3) is 5.57 Å². The highest BCUT2D eigenvalue weighted by molar-refractivity contribution is 9.10. The molecule has 2 aromatic rings.